The van der Waals surface area contributed by atoms with E-state index in [0.29, 0.717) is 17.6 Å². The van der Waals surface area contributed by atoms with Gasteiger partial charge in [-0.1, -0.05) is 13.3 Å². The van der Waals surface area contributed by atoms with Gasteiger partial charge in [-0.2, -0.15) is 4.98 Å². The van der Waals surface area contributed by atoms with Gasteiger partial charge in [0.2, 0.25) is 5.88 Å². The summed E-state index contributed by atoms with van der Waals surface area (Å²) in [5.74, 6) is 2.58. The maximum absolute atomic E-state index is 5.91. The Bertz CT molecular complexity index is 402. The quantitative estimate of drug-likeness (QED) is 0.852. The highest BCUT2D eigenvalue weighted by atomic mass is 16.5. The molecule has 0 bridgehead atoms. The fourth-order valence-electron chi connectivity index (χ4n) is 1.82. The molecule has 2 rings (SSSR count). The standard InChI is InChI=1S/C13H21N3O/c1-4-5-8(2)17-13-9(3)11(14)15-12(16-13)10-6-7-10/h8,10H,4-7H2,1-3H3,(H2,14,15,16). The predicted molar refractivity (Wildman–Crippen MR) is 68.2 cm³/mol. The molecule has 4 heteroatoms. The largest absolute Gasteiger partial charge is 0.474 e. The predicted octanol–water partition coefficient (Wildman–Crippen LogP) is 2.81. The van der Waals surface area contributed by atoms with Gasteiger partial charge in [-0.15, -0.1) is 0 Å². The normalized spacial score (nSPS) is 16.9. The molecular weight excluding hydrogens is 214 g/mol. The molecule has 1 aromatic rings. The third kappa shape index (κ3) is 2.87. The van der Waals surface area contributed by atoms with Crippen molar-refractivity contribution < 1.29 is 4.74 Å². The highest BCUT2D eigenvalue weighted by molar-refractivity contribution is 5.45. The van der Waals surface area contributed by atoms with Gasteiger partial charge in [-0.25, -0.2) is 4.98 Å². The zero-order chi connectivity index (χ0) is 12.4. The van der Waals surface area contributed by atoms with Gasteiger partial charge in [0.1, 0.15) is 11.6 Å². The summed E-state index contributed by atoms with van der Waals surface area (Å²) in [6.07, 6.45) is 4.66. The van der Waals surface area contributed by atoms with Crippen LogP contribution in [0.1, 0.15) is 56.8 Å². The topological polar surface area (TPSA) is 61.0 Å². The summed E-state index contributed by atoms with van der Waals surface area (Å²) in [5.41, 5.74) is 6.76. The third-order valence-corrected chi connectivity index (χ3v) is 3.11. The van der Waals surface area contributed by atoms with Crippen LogP contribution in [-0.4, -0.2) is 16.1 Å². The summed E-state index contributed by atoms with van der Waals surface area (Å²) >= 11 is 0. The zero-order valence-electron chi connectivity index (χ0n) is 10.9. The van der Waals surface area contributed by atoms with Gasteiger partial charge in [0.25, 0.3) is 0 Å². The molecule has 1 aliphatic rings. The van der Waals surface area contributed by atoms with Gasteiger partial charge in [0.15, 0.2) is 0 Å². The maximum atomic E-state index is 5.91. The van der Waals surface area contributed by atoms with Crippen molar-refractivity contribution >= 4 is 5.82 Å². The number of nitrogens with two attached hydrogens (primary N) is 1. The molecule has 2 N–H and O–H groups in total. The van der Waals surface area contributed by atoms with Gasteiger partial charge < -0.3 is 10.5 Å². The van der Waals surface area contributed by atoms with E-state index in [0.717, 1.165) is 24.2 Å². The van der Waals surface area contributed by atoms with Crippen LogP contribution in [0.2, 0.25) is 0 Å². The zero-order valence-corrected chi connectivity index (χ0v) is 10.9. The summed E-state index contributed by atoms with van der Waals surface area (Å²) in [7, 11) is 0. The molecule has 94 valence electrons. The van der Waals surface area contributed by atoms with E-state index < -0.39 is 0 Å². The monoisotopic (exact) mass is 235 g/mol. The molecule has 0 aliphatic heterocycles. The fraction of sp³-hybridized carbons (Fsp3) is 0.692. The van der Waals surface area contributed by atoms with Crippen LogP contribution in [0.25, 0.3) is 0 Å². The van der Waals surface area contributed by atoms with E-state index in [1.54, 1.807) is 0 Å². The Hall–Kier alpha value is -1.32. The second-order valence-electron chi connectivity index (χ2n) is 4.89. The number of aromatic nitrogens is 2. The Morgan fingerprint density at radius 1 is 1.41 bits per heavy atom. The fourth-order valence-corrected chi connectivity index (χ4v) is 1.82. The molecule has 0 aromatic carbocycles. The summed E-state index contributed by atoms with van der Waals surface area (Å²) in [6.45, 7) is 6.13. The average molecular weight is 235 g/mol. The number of hydrogen-bond acceptors (Lipinski definition) is 4. The number of ether oxygens (including phenoxy) is 1. The first-order valence-electron chi connectivity index (χ1n) is 6.42. The number of anilines is 1. The van der Waals surface area contributed by atoms with Crippen LogP contribution in [0, 0.1) is 6.92 Å². The molecule has 1 atom stereocenters. The summed E-state index contributed by atoms with van der Waals surface area (Å²) in [4.78, 5) is 8.84. The van der Waals surface area contributed by atoms with E-state index >= 15 is 0 Å². The van der Waals surface area contributed by atoms with Gasteiger partial charge in [-0.05, 0) is 33.1 Å². The van der Waals surface area contributed by atoms with Crippen LogP contribution >= 0.6 is 0 Å². The van der Waals surface area contributed by atoms with E-state index in [4.69, 9.17) is 10.5 Å². The number of nitrogens with zero attached hydrogens (tertiary/aromatic N) is 2. The van der Waals surface area contributed by atoms with Crippen molar-refractivity contribution in [2.24, 2.45) is 0 Å². The molecule has 0 saturated heterocycles. The lowest BCUT2D eigenvalue weighted by atomic mass is 10.2. The van der Waals surface area contributed by atoms with Crippen molar-refractivity contribution in [1.82, 2.24) is 9.97 Å². The van der Waals surface area contributed by atoms with Gasteiger partial charge in [0, 0.05) is 5.92 Å². The van der Waals surface area contributed by atoms with Crippen molar-refractivity contribution in [1.29, 1.82) is 0 Å². The first-order chi connectivity index (χ1) is 8.11. The number of rotatable bonds is 5. The second-order valence-corrected chi connectivity index (χ2v) is 4.89. The van der Waals surface area contributed by atoms with Crippen LogP contribution in [0.15, 0.2) is 0 Å². The Morgan fingerprint density at radius 2 is 2.12 bits per heavy atom. The van der Waals surface area contributed by atoms with Crippen LogP contribution in [0.4, 0.5) is 5.82 Å². The van der Waals surface area contributed by atoms with E-state index in [9.17, 15) is 0 Å². The lowest BCUT2D eigenvalue weighted by molar-refractivity contribution is 0.199. The highest BCUT2D eigenvalue weighted by Crippen LogP contribution is 2.39. The number of hydrogen-bond donors (Lipinski definition) is 1. The van der Waals surface area contributed by atoms with Crippen molar-refractivity contribution in [3.05, 3.63) is 11.4 Å². The Balaban J connectivity index is 2.19. The third-order valence-electron chi connectivity index (χ3n) is 3.11. The minimum atomic E-state index is 0.181. The molecule has 1 unspecified atom stereocenters. The lowest BCUT2D eigenvalue weighted by Gasteiger charge is -2.16. The number of nitrogen functional groups attached to an aromatic ring is 1. The van der Waals surface area contributed by atoms with Gasteiger partial charge in [0.05, 0.1) is 11.7 Å². The van der Waals surface area contributed by atoms with Crippen molar-refractivity contribution in [2.75, 3.05) is 5.73 Å². The molecule has 0 spiro atoms. The Labute approximate surface area is 103 Å². The van der Waals surface area contributed by atoms with Crippen LogP contribution in [0.5, 0.6) is 5.88 Å². The average Bonchev–Trinajstić information content (AvgIpc) is 3.08. The molecule has 1 aliphatic carbocycles. The molecule has 1 fully saturated rings. The highest BCUT2D eigenvalue weighted by Gasteiger charge is 2.28. The van der Waals surface area contributed by atoms with E-state index in [1.165, 1.54) is 12.8 Å². The molecule has 0 amide bonds. The van der Waals surface area contributed by atoms with Crippen LogP contribution in [-0.2, 0) is 0 Å². The molecule has 1 aromatic heterocycles. The van der Waals surface area contributed by atoms with E-state index in [2.05, 4.69) is 23.8 Å². The van der Waals surface area contributed by atoms with Crippen LogP contribution in [0.3, 0.4) is 0 Å². The molecule has 1 heterocycles. The van der Waals surface area contributed by atoms with Crippen LogP contribution < -0.4 is 10.5 Å². The SMILES string of the molecule is CCCC(C)Oc1nc(C2CC2)nc(N)c1C. The molecule has 0 radical (unpaired) electrons. The summed E-state index contributed by atoms with van der Waals surface area (Å²) in [5, 5.41) is 0. The minimum absolute atomic E-state index is 0.181. The molecular formula is C13H21N3O. The maximum Gasteiger partial charge on any atom is 0.222 e. The lowest BCUT2D eigenvalue weighted by Crippen LogP contribution is -2.15. The minimum Gasteiger partial charge on any atom is -0.474 e. The van der Waals surface area contributed by atoms with Crippen molar-refractivity contribution in [2.45, 2.75) is 58.5 Å². The Morgan fingerprint density at radius 3 is 2.71 bits per heavy atom. The summed E-state index contributed by atoms with van der Waals surface area (Å²) < 4.78 is 5.85. The second kappa shape index (κ2) is 4.90. The van der Waals surface area contributed by atoms with Crippen molar-refractivity contribution in [3.63, 3.8) is 0 Å². The van der Waals surface area contributed by atoms with E-state index in [-0.39, 0.29) is 6.10 Å². The molecule has 4 nitrogen and oxygen atoms in total. The Kier molecular flexibility index (Phi) is 3.50. The van der Waals surface area contributed by atoms with Gasteiger partial charge >= 0.3 is 0 Å². The first-order valence-corrected chi connectivity index (χ1v) is 6.42. The first kappa shape index (κ1) is 12.1. The molecule has 1 saturated carbocycles. The van der Waals surface area contributed by atoms with Crippen molar-refractivity contribution in [3.8, 4) is 5.88 Å². The van der Waals surface area contributed by atoms with E-state index in [1.807, 2.05) is 6.92 Å². The smallest absolute Gasteiger partial charge is 0.222 e. The van der Waals surface area contributed by atoms with Gasteiger partial charge in [-0.3, -0.25) is 0 Å². The summed E-state index contributed by atoms with van der Waals surface area (Å²) in [6, 6.07) is 0. The molecule has 17 heavy (non-hydrogen) atoms.